The van der Waals surface area contributed by atoms with Gasteiger partial charge in [0.2, 0.25) is 0 Å². The van der Waals surface area contributed by atoms with Gasteiger partial charge in [0.05, 0.1) is 0 Å². The lowest BCUT2D eigenvalue weighted by molar-refractivity contribution is -0.120. The van der Waals surface area contributed by atoms with E-state index in [-0.39, 0.29) is 0 Å². The SMILES string of the molecule is C=C1CC(=O)CC(CCSC)C1. The maximum atomic E-state index is 11.2. The Bertz CT molecular complexity index is 170. The molecule has 68 valence electrons. The van der Waals surface area contributed by atoms with Crippen LogP contribution in [0.2, 0.25) is 0 Å². The number of ketones is 1. The zero-order valence-electron chi connectivity index (χ0n) is 7.64. The monoisotopic (exact) mass is 184 g/mol. The lowest BCUT2D eigenvalue weighted by Gasteiger charge is -2.21. The fraction of sp³-hybridized carbons (Fsp3) is 0.700. The van der Waals surface area contributed by atoms with Gasteiger partial charge in [-0.1, -0.05) is 12.2 Å². The van der Waals surface area contributed by atoms with E-state index in [4.69, 9.17) is 0 Å². The molecule has 0 spiro atoms. The number of thioether (sulfide) groups is 1. The summed E-state index contributed by atoms with van der Waals surface area (Å²) < 4.78 is 0. The molecule has 0 heterocycles. The van der Waals surface area contributed by atoms with Crippen molar-refractivity contribution < 1.29 is 4.79 Å². The number of hydrogen-bond acceptors (Lipinski definition) is 2. The number of carbonyl (C=O) groups excluding carboxylic acids is 1. The topological polar surface area (TPSA) is 17.1 Å². The number of hydrogen-bond donors (Lipinski definition) is 0. The first kappa shape index (κ1) is 9.85. The van der Waals surface area contributed by atoms with Gasteiger partial charge in [0.1, 0.15) is 5.78 Å². The minimum atomic E-state index is 0.386. The smallest absolute Gasteiger partial charge is 0.137 e. The fourth-order valence-corrected chi connectivity index (χ4v) is 2.28. The third kappa shape index (κ3) is 3.02. The van der Waals surface area contributed by atoms with Crippen molar-refractivity contribution in [3.63, 3.8) is 0 Å². The molecule has 0 bridgehead atoms. The molecule has 0 aromatic rings. The Balaban J connectivity index is 2.34. The maximum Gasteiger partial charge on any atom is 0.137 e. The van der Waals surface area contributed by atoms with Crippen LogP contribution in [0, 0.1) is 5.92 Å². The van der Waals surface area contributed by atoms with E-state index < -0.39 is 0 Å². The van der Waals surface area contributed by atoms with Crippen LogP contribution < -0.4 is 0 Å². The maximum absolute atomic E-state index is 11.2. The average molecular weight is 184 g/mol. The van der Waals surface area contributed by atoms with Crippen LogP contribution in [-0.4, -0.2) is 17.8 Å². The lowest BCUT2D eigenvalue weighted by atomic mass is 9.84. The molecule has 0 aromatic carbocycles. The summed E-state index contributed by atoms with van der Waals surface area (Å²) >= 11 is 1.86. The molecule has 1 atom stereocenters. The summed E-state index contributed by atoms with van der Waals surface area (Å²) in [7, 11) is 0. The Kier molecular flexibility index (Phi) is 3.86. The zero-order valence-corrected chi connectivity index (χ0v) is 8.45. The zero-order chi connectivity index (χ0) is 8.97. The number of allylic oxidation sites excluding steroid dienone is 1. The second-order valence-corrected chi connectivity index (χ2v) is 4.51. The van der Waals surface area contributed by atoms with Crippen LogP contribution in [-0.2, 0) is 4.79 Å². The van der Waals surface area contributed by atoms with E-state index >= 15 is 0 Å². The fourth-order valence-electron chi connectivity index (χ4n) is 1.71. The summed E-state index contributed by atoms with van der Waals surface area (Å²) in [6.07, 6.45) is 5.78. The van der Waals surface area contributed by atoms with Crippen molar-refractivity contribution in [2.75, 3.05) is 12.0 Å². The molecule has 2 heteroatoms. The molecule has 0 saturated heterocycles. The van der Waals surface area contributed by atoms with E-state index in [2.05, 4.69) is 12.8 Å². The highest BCUT2D eigenvalue weighted by molar-refractivity contribution is 7.98. The highest BCUT2D eigenvalue weighted by atomic mass is 32.2. The van der Waals surface area contributed by atoms with Crippen LogP contribution in [0.5, 0.6) is 0 Å². The van der Waals surface area contributed by atoms with Crippen molar-refractivity contribution >= 4 is 17.5 Å². The predicted molar refractivity (Wildman–Crippen MR) is 54.5 cm³/mol. The third-order valence-corrected chi connectivity index (χ3v) is 2.92. The van der Waals surface area contributed by atoms with Gasteiger partial charge in [-0.3, -0.25) is 4.79 Å². The first-order valence-corrected chi connectivity index (χ1v) is 5.79. The van der Waals surface area contributed by atoms with E-state index in [0.717, 1.165) is 18.4 Å². The molecule has 1 fully saturated rings. The summed E-state index contributed by atoms with van der Waals surface area (Å²) in [4.78, 5) is 11.2. The summed E-state index contributed by atoms with van der Waals surface area (Å²) in [5, 5.41) is 0. The van der Waals surface area contributed by atoms with Crippen molar-refractivity contribution in [1.29, 1.82) is 0 Å². The number of Topliss-reactive ketones (excluding diaryl/α,β-unsaturated/α-hetero) is 1. The normalized spacial score (nSPS) is 24.6. The minimum absolute atomic E-state index is 0.386. The molecular weight excluding hydrogens is 168 g/mol. The summed E-state index contributed by atoms with van der Waals surface area (Å²) in [6, 6.07) is 0. The van der Waals surface area contributed by atoms with Gasteiger partial charge in [-0.2, -0.15) is 11.8 Å². The second kappa shape index (κ2) is 4.70. The first-order valence-electron chi connectivity index (χ1n) is 4.39. The predicted octanol–water partition coefficient (Wildman–Crippen LogP) is 2.66. The second-order valence-electron chi connectivity index (χ2n) is 3.52. The summed E-state index contributed by atoms with van der Waals surface area (Å²) in [6.45, 7) is 3.90. The number of rotatable bonds is 3. The van der Waals surface area contributed by atoms with E-state index in [1.165, 1.54) is 12.2 Å². The first-order chi connectivity index (χ1) is 5.72. The highest BCUT2D eigenvalue weighted by Gasteiger charge is 2.20. The molecule has 1 unspecified atom stereocenters. The summed E-state index contributed by atoms with van der Waals surface area (Å²) in [5.74, 6) is 2.15. The Morgan fingerprint density at radius 3 is 2.92 bits per heavy atom. The molecule has 1 aliphatic carbocycles. The van der Waals surface area contributed by atoms with Gasteiger partial charge in [0, 0.05) is 12.8 Å². The minimum Gasteiger partial charge on any atom is -0.299 e. The lowest BCUT2D eigenvalue weighted by Crippen LogP contribution is -2.17. The molecule has 1 nitrogen and oxygen atoms in total. The van der Waals surface area contributed by atoms with Gasteiger partial charge >= 0.3 is 0 Å². The molecule has 1 rings (SSSR count). The molecule has 0 radical (unpaired) electrons. The van der Waals surface area contributed by atoms with Crippen LogP contribution >= 0.6 is 11.8 Å². The Morgan fingerprint density at radius 1 is 1.58 bits per heavy atom. The van der Waals surface area contributed by atoms with Crippen LogP contribution in [0.15, 0.2) is 12.2 Å². The van der Waals surface area contributed by atoms with Gasteiger partial charge < -0.3 is 0 Å². The van der Waals surface area contributed by atoms with Crippen LogP contribution in [0.1, 0.15) is 25.7 Å². The van der Waals surface area contributed by atoms with Crippen molar-refractivity contribution in [3.05, 3.63) is 12.2 Å². The molecule has 0 aromatic heterocycles. The largest absolute Gasteiger partial charge is 0.299 e. The Morgan fingerprint density at radius 2 is 2.33 bits per heavy atom. The Hall–Kier alpha value is -0.240. The molecule has 0 aliphatic heterocycles. The van der Waals surface area contributed by atoms with Crippen LogP contribution in [0.4, 0.5) is 0 Å². The van der Waals surface area contributed by atoms with E-state index in [9.17, 15) is 4.79 Å². The standard InChI is InChI=1S/C10H16OS/c1-8-5-9(3-4-12-2)7-10(11)6-8/h9H,1,3-7H2,2H3. The quantitative estimate of drug-likeness (QED) is 0.627. The molecular formula is C10H16OS. The molecule has 0 N–H and O–H groups in total. The molecule has 1 saturated carbocycles. The van der Waals surface area contributed by atoms with Gasteiger partial charge in [-0.25, -0.2) is 0 Å². The molecule has 1 aliphatic rings. The van der Waals surface area contributed by atoms with Crippen molar-refractivity contribution in [2.24, 2.45) is 5.92 Å². The van der Waals surface area contributed by atoms with Crippen LogP contribution in [0.3, 0.4) is 0 Å². The number of carbonyl (C=O) groups is 1. The van der Waals surface area contributed by atoms with Crippen LogP contribution in [0.25, 0.3) is 0 Å². The average Bonchev–Trinajstić information content (AvgIpc) is 1.99. The van der Waals surface area contributed by atoms with Gasteiger partial charge in [0.25, 0.3) is 0 Å². The van der Waals surface area contributed by atoms with Gasteiger partial charge in [-0.15, -0.1) is 0 Å². The van der Waals surface area contributed by atoms with Gasteiger partial charge in [0.15, 0.2) is 0 Å². The Labute approximate surface area is 78.6 Å². The van der Waals surface area contributed by atoms with Crippen molar-refractivity contribution in [2.45, 2.75) is 25.7 Å². The van der Waals surface area contributed by atoms with Gasteiger partial charge in [-0.05, 0) is 30.8 Å². The molecule has 0 amide bonds. The van der Waals surface area contributed by atoms with E-state index in [1.54, 1.807) is 0 Å². The highest BCUT2D eigenvalue weighted by Crippen LogP contribution is 2.27. The molecule has 12 heavy (non-hydrogen) atoms. The van der Waals surface area contributed by atoms with E-state index in [1.807, 2.05) is 11.8 Å². The third-order valence-electron chi connectivity index (χ3n) is 2.27. The van der Waals surface area contributed by atoms with Crippen molar-refractivity contribution in [1.82, 2.24) is 0 Å². The van der Waals surface area contributed by atoms with E-state index in [0.29, 0.717) is 18.1 Å². The van der Waals surface area contributed by atoms with Crippen molar-refractivity contribution in [3.8, 4) is 0 Å². The summed E-state index contributed by atoms with van der Waals surface area (Å²) in [5.41, 5.74) is 1.14.